The zero-order valence-electron chi connectivity index (χ0n) is 16.3. The largest absolute Gasteiger partial charge is 0.484 e. The maximum absolute atomic E-state index is 12.0. The van der Waals surface area contributed by atoms with Crippen molar-refractivity contribution in [2.45, 2.75) is 6.92 Å². The Bertz CT molecular complexity index is 1140. The van der Waals surface area contributed by atoms with Crippen LogP contribution in [-0.4, -0.2) is 23.7 Å². The Morgan fingerprint density at radius 1 is 1.07 bits per heavy atom. The van der Waals surface area contributed by atoms with Gasteiger partial charge in [0.05, 0.1) is 16.4 Å². The lowest BCUT2D eigenvalue weighted by Crippen LogP contribution is -2.20. The Balaban J connectivity index is 1.26. The molecule has 6 nitrogen and oxygen atoms in total. The standard InChI is InChI=1S/C23H20N4O2S/c1-16-6-10-18(11-7-16)25-22(28)15-29-19-12-8-17(9-13-19)14-24-27-23-26-20-4-2-3-5-21(20)30-23/h2-14H,15H2,1H3,(H,25,28)(H,26,27)/b24-14-. The van der Waals surface area contributed by atoms with E-state index < -0.39 is 0 Å². The Hall–Kier alpha value is -3.71. The fourth-order valence-corrected chi connectivity index (χ4v) is 3.53. The van der Waals surface area contributed by atoms with Crippen LogP contribution in [0.3, 0.4) is 0 Å². The molecule has 7 heteroatoms. The van der Waals surface area contributed by atoms with Crippen molar-refractivity contribution >= 4 is 44.5 Å². The Morgan fingerprint density at radius 3 is 2.60 bits per heavy atom. The fraction of sp³-hybridized carbons (Fsp3) is 0.0870. The first-order valence-corrected chi connectivity index (χ1v) is 10.2. The number of amides is 1. The lowest BCUT2D eigenvalue weighted by Gasteiger charge is -2.08. The van der Waals surface area contributed by atoms with Gasteiger partial charge >= 0.3 is 0 Å². The summed E-state index contributed by atoms with van der Waals surface area (Å²) in [4.78, 5) is 16.5. The van der Waals surface area contributed by atoms with Gasteiger partial charge in [-0.25, -0.2) is 4.98 Å². The van der Waals surface area contributed by atoms with Gasteiger partial charge in [0.15, 0.2) is 6.61 Å². The maximum Gasteiger partial charge on any atom is 0.262 e. The molecule has 0 fully saturated rings. The van der Waals surface area contributed by atoms with Crippen molar-refractivity contribution in [1.29, 1.82) is 0 Å². The number of fused-ring (bicyclic) bond motifs is 1. The first kappa shape index (κ1) is 19.6. The number of hydrazone groups is 1. The first-order valence-electron chi connectivity index (χ1n) is 9.40. The van der Waals surface area contributed by atoms with Gasteiger partial charge in [0.2, 0.25) is 5.13 Å². The predicted octanol–water partition coefficient (Wildman–Crippen LogP) is 5.07. The number of carbonyl (C=O) groups excluding carboxylic acids is 1. The lowest BCUT2D eigenvalue weighted by atomic mass is 10.2. The second-order valence-corrected chi connectivity index (χ2v) is 7.66. The molecular formula is C23H20N4O2S. The third-order valence-corrected chi connectivity index (χ3v) is 5.19. The number of benzene rings is 3. The van der Waals surface area contributed by atoms with Crippen molar-refractivity contribution in [3.05, 3.63) is 83.9 Å². The van der Waals surface area contributed by atoms with E-state index >= 15 is 0 Å². The number of para-hydroxylation sites is 1. The normalized spacial score (nSPS) is 11.0. The van der Waals surface area contributed by atoms with E-state index in [1.165, 1.54) is 0 Å². The van der Waals surface area contributed by atoms with E-state index in [2.05, 4.69) is 20.8 Å². The molecule has 30 heavy (non-hydrogen) atoms. The summed E-state index contributed by atoms with van der Waals surface area (Å²) in [5.74, 6) is 0.412. The summed E-state index contributed by atoms with van der Waals surface area (Å²) in [7, 11) is 0. The van der Waals surface area contributed by atoms with Crippen LogP contribution in [-0.2, 0) is 4.79 Å². The van der Waals surface area contributed by atoms with E-state index in [1.807, 2.05) is 67.6 Å². The van der Waals surface area contributed by atoms with E-state index in [9.17, 15) is 4.79 Å². The summed E-state index contributed by atoms with van der Waals surface area (Å²) in [6.07, 6.45) is 1.71. The number of hydrogen-bond acceptors (Lipinski definition) is 6. The number of aryl methyl sites for hydroxylation is 1. The molecule has 4 rings (SSSR count). The molecule has 0 aliphatic carbocycles. The van der Waals surface area contributed by atoms with E-state index in [0.29, 0.717) is 5.75 Å². The van der Waals surface area contributed by atoms with Gasteiger partial charge in [-0.1, -0.05) is 41.2 Å². The highest BCUT2D eigenvalue weighted by Gasteiger charge is 2.04. The monoisotopic (exact) mass is 416 g/mol. The summed E-state index contributed by atoms with van der Waals surface area (Å²) in [6, 6.07) is 22.9. The quantitative estimate of drug-likeness (QED) is 0.326. The number of ether oxygens (including phenoxy) is 1. The molecule has 2 N–H and O–H groups in total. The second-order valence-electron chi connectivity index (χ2n) is 6.63. The molecule has 0 radical (unpaired) electrons. The highest BCUT2D eigenvalue weighted by atomic mass is 32.1. The summed E-state index contributed by atoms with van der Waals surface area (Å²) in [6.45, 7) is 1.95. The van der Waals surface area contributed by atoms with E-state index in [4.69, 9.17) is 4.74 Å². The smallest absolute Gasteiger partial charge is 0.262 e. The minimum atomic E-state index is -0.204. The molecule has 0 saturated heterocycles. The van der Waals surface area contributed by atoms with Crippen LogP contribution in [0.1, 0.15) is 11.1 Å². The zero-order valence-corrected chi connectivity index (χ0v) is 17.1. The molecule has 0 atom stereocenters. The number of carbonyl (C=O) groups is 1. The molecule has 4 aromatic rings. The van der Waals surface area contributed by atoms with Crippen LogP contribution in [0.2, 0.25) is 0 Å². The van der Waals surface area contributed by atoms with Gasteiger partial charge < -0.3 is 10.1 Å². The molecule has 150 valence electrons. The molecule has 0 bridgehead atoms. The van der Waals surface area contributed by atoms with Gasteiger partial charge in [-0.15, -0.1) is 0 Å². The molecule has 0 unspecified atom stereocenters. The highest BCUT2D eigenvalue weighted by molar-refractivity contribution is 7.22. The maximum atomic E-state index is 12.0. The lowest BCUT2D eigenvalue weighted by molar-refractivity contribution is -0.118. The van der Waals surface area contributed by atoms with Crippen LogP contribution < -0.4 is 15.5 Å². The Labute approximate surface area is 178 Å². The van der Waals surface area contributed by atoms with Crippen LogP contribution in [0.5, 0.6) is 5.75 Å². The average Bonchev–Trinajstić information content (AvgIpc) is 3.18. The van der Waals surface area contributed by atoms with Crippen LogP contribution in [0.15, 0.2) is 77.9 Å². The topological polar surface area (TPSA) is 75.6 Å². The Morgan fingerprint density at radius 2 is 1.83 bits per heavy atom. The molecule has 1 aromatic heterocycles. The summed E-state index contributed by atoms with van der Waals surface area (Å²) in [5, 5.41) is 7.78. The third kappa shape index (κ3) is 5.21. The molecule has 3 aromatic carbocycles. The molecule has 1 heterocycles. The van der Waals surface area contributed by atoms with Gasteiger partial charge in [-0.3, -0.25) is 10.2 Å². The molecule has 0 aliphatic rings. The SMILES string of the molecule is Cc1ccc(NC(=O)COc2ccc(/C=N\Nc3nc4ccccc4s3)cc2)cc1. The minimum Gasteiger partial charge on any atom is -0.484 e. The van der Waals surface area contributed by atoms with Crippen molar-refractivity contribution in [1.82, 2.24) is 4.98 Å². The average molecular weight is 417 g/mol. The van der Waals surface area contributed by atoms with E-state index in [0.717, 1.165) is 32.2 Å². The van der Waals surface area contributed by atoms with Crippen molar-refractivity contribution in [2.75, 3.05) is 17.3 Å². The summed E-state index contributed by atoms with van der Waals surface area (Å²) in [5.41, 5.74) is 6.70. The number of anilines is 2. The molecule has 0 aliphatic heterocycles. The van der Waals surface area contributed by atoms with Crippen LogP contribution >= 0.6 is 11.3 Å². The minimum absolute atomic E-state index is 0.0551. The molecule has 1 amide bonds. The van der Waals surface area contributed by atoms with Gasteiger partial charge in [0.1, 0.15) is 5.75 Å². The number of nitrogens with one attached hydrogen (secondary N) is 2. The second kappa shape index (κ2) is 9.19. The predicted molar refractivity (Wildman–Crippen MR) is 123 cm³/mol. The van der Waals surface area contributed by atoms with Crippen molar-refractivity contribution < 1.29 is 9.53 Å². The van der Waals surface area contributed by atoms with E-state index in [1.54, 1.807) is 29.7 Å². The molecule has 0 saturated carbocycles. The Kier molecular flexibility index (Phi) is 6.01. The summed E-state index contributed by atoms with van der Waals surface area (Å²) < 4.78 is 6.66. The highest BCUT2D eigenvalue weighted by Crippen LogP contribution is 2.25. The van der Waals surface area contributed by atoms with Gasteiger partial charge in [-0.2, -0.15) is 5.10 Å². The first-order chi connectivity index (χ1) is 14.7. The van der Waals surface area contributed by atoms with Crippen molar-refractivity contribution in [3.8, 4) is 5.75 Å². The van der Waals surface area contributed by atoms with E-state index in [-0.39, 0.29) is 12.5 Å². The van der Waals surface area contributed by atoms with Crippen molar-refractivity contribution in [2.24, 2.45) is 5.10 Å². The number of rotatable bonds is 7. The van der Waals surface area contributed by atoms with Crippen LogP contribution in [0.25, 0.3) is 10.2 Å². The number of thiazole rings is 1. The number of hydrogen-bond donors (Lipinski definition) is 2. The molecule has 0 spiro atoms. The summed E-state index contributed by atoms with van der Waals surface area (Å²) >= 11 is 1.55. The zero-order chi connectivity index (χ0) is 20.8. The fourth-order valence-electron chi connectivity index (χ4n) is 2.72. The number of nitrogens with zero attached hydrogens (tertiary/aromatic N) is 2. The van der Waals surface area contributed by atoms with Gasteiger partial charge in [-0.05, 0) is 61.0 Å². The number of aromatic nitrogens is 1. The van der Waals surface area contributed by atoms with Crippen molar-refractivity contribution in [3.63, 3.8) is 0 Å². The van der Waals surface area contributed by atoms with Gasteiger partial charge in [0, 0.05) is 5.69 Å². The molecular weight excluding hydrogens is 396 g/mol. The third-order valence-electron chi connectivity index (χ3n) is 4.25. The van der Waals surface area contributed by atoms with Gasteiger partial charge in [0.25, 0.3) is 5.91 Å². The van der Waals surface area contributed by atoms with Crippen LogP contribution in [0, 0.1) is 6.92 Å². The van der Waals surface area contributed by atoms with Crippen LogP contribution in [0.4, 0.5) is 10.8 Å².